The SMILES string of the molecule is CC1(C)OC[C@H]([C@H]2OC(=O)[C@H](O[Si](C)(C)C(C)(C)C)[C@H]2O[Si](C)(C)C(C)(C)C)O1. The van der Waals surface area contributed by atoms with Gasteiger partial charge in [0.05, 0.1) is 6.61 Å². The number of carbonyl (C=O) groups excluding carboxylic acids is 1. The molecule has 2 saturated heterocycles. The van der Waals surface area contributed by atoms with Crippen LogP contribution in [0.25, 0.3) is 0 Å². The molecule has 29 heavy (non-hydrogen) atoms. The van der Waals surface area contributed by atoms with Crippen LogP contribution in [-0.4, -0.2) is 59.4 Å². The van der Waals surface area contributed by atoms with Gasteiger partial charge >= 0.3 is 5.97 Å². The second kappa shape index (κ2) is 7.71. The molecule has 2 rings (SSSR count). The molecule has 0 aromatic rings. The number of rotatable bonds is 5. The van der Waals surface area contributed by atoms with Crippen molar-refractivity contribution in [1.82, 2.24) is 0 Å². The van der Waals surface area contributed by atoms with Crippen LogP contribution in [0.4, 0.5) is 0 Å². The molecule has 0 aromatic heterocycles. The molecule has 4 atom stereocenters. The molecule has 8 heteroatoms. The van der Waals surface area contributed by atoms with Gasteiger partial charge in [0.25, 0.3) is 0 Å². The van der Waals surface area contributed by atoms with E-state index in [-0.39, 0.29) is 22.1 Å². The lowest BCUT2D eigenvalue weighted by atomic mass is 10.1. The minimum Gasteiger partial charge on any atom is -0.455 e. The summed E-state index contributed by atoms with van der Waals surface area (Å²) in [4.78, 5) is 13.0. The maximum absolute atomic E-state index is 13.0. The van der Waals surface area contributed by atoms with E-state index in [0.717, 1.165) is 0 Å². The van der Waals surface area contributed by atoms with Gasteiger partial charge in [0.15, 0.2) is 34.6 Å². The molecular formula is C21H42O6Si2. The lowest BCUT2D eigenvalue weighted by Gasteiger charge is -2.43. The van der Waals surface area contributed by atoms with E-state index in [0.29, 0.717) is 6.61 Å². The summed E-state index contributed by atoms with van der Waals surface area (Å²) in [5.41, 5.74) is 0. The molecule has 0 saturated carbocycles. The van der Waals surface area contributed by atoms with Crippen molar-refractivity contribution in [3.63, 3.8) is 0 Å². The summed E-state index contributed by atoms with van der Waals surface area (Å²) < 4.78 is 30.9. The van der Waals surface area contributed by atoms with Crippen molar-refractivity contribution in [2.75, 3.05) is 6.61 Å². The van der Waals surface area contributed by atoms with E-state index < -0.39 is 40.7 Å². The molecule has 0 aliphatic carbocycles. The van der Waals surface area contributed by atoms with Gasteiger partial charge in [0, 0.05) is 0 Å². The molecule has 2 fully saturated rings. The second-order valence-electron chi connectivity index (χ2n) is 11.9. The smallest absolute Gasteiger partial charge is 0.337 e. The first-order valence-electron chi connectivity index (χ1n) is 10.7. The lowest BCUT2D eigenvalue weighted by molar-refractivity contribution is -0.166. The summed E-state index contributed by atoms with van der Waals surface area (Å²) in [7, 11) is -4.39. The van der Waals surface area contributed by atoms with Crippen molar-refractivity contribution in [1.29, 1.82) is 0 Å². The minimum absolute atomic E-state index is 0.00296. The normalized spacial score (nSPS) is 31.2. The molecule has 170 valence electrons. The average Bonchev–Trinajstić information content (AvgIpc) is 2.98. The van der Waals surface area contributed by atoms with Gasteiger partial charge in [-0.25, -0.2) is 4.79 Å². The van der Waals surface area contributed by atoms with Gasteiger partial charge in [0.1, 0.15) is 12.2 Å². The largest absolute Gasteiger partial charge is 0.455 e. The Labute approximate surface area is 179 Å². The van der Waals surface area contributed by atoms with Gasteiger partial charge in [-0.2, -0.15) is 0 Å². The first-order valence-corrected chi connectivity index (χ1v) is 16.5. The maximum atomic E-state index is 13.0. The molecule has 0 bridgehead atoms. The molecule has 0 N–H and O–H groups in total. The number of hydrogen-bond acceptors (Lipinski definition) is 6. The van der Waals surface area contributed by atoms with Crippen LogP contribution in [0.5, 0.6) is 0 Å². The lowest BCUT2D eigenvalue weighted by Crippen LogP contribution is -2.55. The highest BCUT2D eigenvalue weighted by Crippen LogP contribution is 2.44. The predicted molar refractivity (Wildman–Crippen MR) is 119 cm³/mol. The quantitative estimate of drug-likeness (QED) is 0.444. The zero-order valence-electron chi connectivity index (χ0n) is 20.5. The minimum atomic E-state index is -2.21. The Morgan fingerprint density at radius 1 is 0.931 bits per heavy atom. The highest BCUT2D eigenvalue weighted by Gasteiger charge is 2.57. The van der Waals surface area contributed by atoms with E-state index in [9.17, 15) is 4.79 Å². The van der Waals surface area contributed by atoms with E-state index in [1.807, 2.05) is 13.8 Å². The van der Waals surface area contributed by atoms with Crippen LogP contribution in [0.2, 0.25) is 36.3 Å². The highest BCUT2D eigenvalue weighted by molar-refractivity contribution is 6.74. The number of hydrogen-bond donors (Lipinski definition) is 0. The van der Waals surface area contributed by atoms with Crippen LogP contribution in [-0.2, 0) is 27.9 Å². The van der Waals surface area contributed by atoms with Gasteiger partial charge in [-0.1, -0.05) is 41.5 Å². The highest BCUT2D eigenvalue weighted by atomic mass is 28.4. The van der Waals surface area contributed by atoms with Crippen LogP contribution in [0.3, 0.4) is 0 Å². The van der Waals surface area contributed by atoms with Gasteiger partial charge in [-0.05, 0) is 50.1 Å². The Morgan fingerprint density at radius 2 is 1.41 bits per heavy atom. The first-order chi connectivity index (χ1) is 12.8. The van der Waals surface area contributed by atoms with Crippen LogP contribution in [0.15, 0.2) is 0 Å². The summed E-state index contributed by atoms with van der Waals surface area (Å²) in [5, 5.41) is -0.0289. The molecule has 0 aromatic carbocycles. The van der Waals surface area contributed by atoms with E-state index >= 15 is 0 Å². The topological polar surface area (TPSA) is 63.2 Å². The molecule has 2 aliphatic rings. The van der Waals surface area contributed by atoms with Gasteiger partial charge in [0.2, 0.25) is 0 Å². The third-order valence-electron chi connectivity index (χ3n) is 6.97. The van der Waals surface area contributed by atoms with Gasteiger partial charge in [-0.3, -0.25) is 0 Å². The third kappa shape index (κ3) is 5.33. The van der Waals surface area contributed by atoms with Crippen molar-refractivity contribution >= 4 is 22.6 Å². The molecule has 0 spiro atoms. The van der Waals surface area contributed by atoms with E-state index in [1.54, 1.807) is 0 Å². The molecule has 0 amide bonds. The third-order valence-corrected chi connectivity index (χ3v) is 15.9. The summed E-state index contributed by atoms with van der Waals surface area (Å²) >= 11 is 0. The predicted octanol–water partition coefficient (Wildman–Crippen LogP) is 4.84. The Bertz CT molecular complexity index is 618. The molecule has 2 heterocycles. The Morgan fingerprint density at radius 3 is 1.83 bits per heavy atom. The maximum Gasteiger partial charge on any atom is 0.337 e. The Kier molecular flexibility index (Phi) is 6.65. The van der Waals surface area contributed by atoms with Crippen molar-refractivity contribution in [2.24, 2.45) is 0 Å². The van der Waals surface area contributed by atoms with Crippen molar-refractivity contribution < 1.29 is 27.9 Å². The molecule has 6 nitrogen and oxygen atoms in total. The van der Waals surface area contributed by atoms with E-state index in [4.69, 9.17) is 23.1 Å². The standard InChI is InChI=1S/C21H42O6Si2/c1-19(2,3)28(9,10)26-16-15(14-13-23-21(7,8)25-14)24-18(22)17(16)27-29(11,12)20(4,5)6/h14-17H,13H2,1-12H3/t14-,15-,16+,17-/m1/s1. The van der Waals surface area contributed by atoms with Crippen molar-refractivity contribution in [3.8, 4) is 0 Å². The molecule has 0 radical (unpaired) electrons. The molecule has 0 unspecified atom stereocenters. The Balaban J connectivity index is 2.37. The number of esters is 1. The van der Waals surface area contributed by atoms with Crippen LogP contribution in [0, 0.1) is 0 Å². The first kappa shape index (κ1) is 25.0. The van der Waals surface area contributed by atoms with Gasteiger partial charge in [-0.15, -0.1) is 0 Å². The fourth-order valence-corrected chi connectivity index (χ4v) is 5.51. The van der Waals surface area contributed by atoms with Crippen molar-refractivity contribution in [2.45, 2.75) is 122 Å². The van der Waals surface area contributed by atoms with Crippen molar-refractivity contribution in [3.05, 3.63) is 0 Å². The van der Waals surface area contributed by atoms with Gasteiger partial charge < -0.3 is 23.1 Å². The fourth-order valence-electron chi connectivity index (χ4n) is 2.99. The van der Waals surface area contributed by atoms with E-state index in [1.165, 1.54) is 0 Å². The van der Waals surface area contributed by atoms with Crippen LogP contribution >= 0.6 is 0 Å². The number of cyclic esters (lactones) is 1. The zero-order chi connectivity index (χ0) is 22.6. The summed E-state index contributed by atoms with van der Waals surface area (Å²) in [6.45, 7) is 25.8. The monoisotopic (exact) mass is 446 g/mol. The molecule has 2 aliphatic heterocycles. The van der Waals surface area contributed by atoms with Crippen LogP contribution < -0.4 is 0 Å². The number of carbonyl (C=O) groups is 1. The van der Waals surface area contributed by atoms with Crippen LogP contribution in [0.1, 0.15) is 55.4 Å². The summed E-state index contributed by atoms with van der Waals surface area (Å²) in [5.74, 6) is -1.05. The average molecular weight is 447 g/mol. The second-order valence-corrected chi connectivity index (χ2v) is 21.4. The summed E-state index contributed by atoms with van der Waals surface area (Å²) in [6.07, 6.45) is -2.13. The number of ether oxygens (including phenoxy) is 3. The molecular weight excluding hydrogens is 404 g/mol. The van der Waals surface area contributed by atoms with E-state index in [2.05, 4.69) is 67.7 Å². The zero-order valence-corrected chi connectivity index (χ0v) is 22.5. The Hall–Kier alpha value is -0.256. The fraction of sp³-hybridized carbons (Fsp3) is 0.952. The summed E-state index contributed by atoms with van der Waals surface area (Å²) in [6, 6.07) is 0.